The van der Waals surface area contributed by atoms with Crippen LogP contribution in [0.4, 0.5) is 13.2 Å². The predicted molar refractivity (Wildman–Crippen MR) is 184 cm³/mol. The van der Waals surface area contributed by atoms with E-state index >= 15 is 0 Å². The first-order valence-corrected chi connectivity index (χ1v) is 17.3. The standard InChI is InChI=1S/C39H55F3O6/c1-8-9-10-13-26-16-19-29(30(22-26)39(40,41)42)35-23-27-17-18-28(24-34(27)48-35)46-20-11-14-32(43)33(44)15-12-21-47-36(45)31(38(5,6)7)25-37(2,3)4/h16-19,22-24,31-33,43-44H,8-15,20-21,25H2,1-7H3. The summed E-state index contributed by atoms with van der Waals surface area (Å²) in [5.41, 5.74) is 0.118. The molecule has 0 bridgehead atoms. The number of hydrogen-bond acceptors (Lipinski definition) is 6. The van der Waals surface area contributed by atoms with E-state index in [1.54, 1.807) is 30.3 Å². The van der Waals surface area contributed by atoms with Gasteiger partial charge in [0.25, 0.3) is 0 Å². The third-order valence-electron chi connectivity index (χ3n) is 8.61. The number of hydrogen-bond donors (Lipinski definition) is 2. The maximum atomic E-state index is 14.0. The maximum absolute atomic E-state index is 14.0. The number of alkyl halides is 3. The van der Waals surface area contributed by atoms with Crippen LogP contribution >= 0.6 is 0 Å². The lowest BCUT2D eigenvalue weighted by atomic mass is 9.72. The van der Waals surface area contributed by atoms with E-state index in [1.165, 1.54) is 12.1 Å². The van der Waals surface area contributed by atoms with Crippen molar-refractivity contribution in [3.8, 4) is 17.1 Å². The highest BCUT2D eigenvalue weighted by molar-refractivity contribution is 5.84. The van der Waals surface area contributed by atoms with Gasteiger partial charge in [-0.25, -0.2) is 0 Å². The summed E-state index contributed by atoms with van der Waals surface area (Å²) in [6.45, 7) is 14.9. The molecule has 0 fully saturated rings. The molecule has 6 nitrogen and oxygen atoms in total. The molecule has 1 heterocycles. The summed E-state index contributed by atoms with van der Waals surface area (Å²) >= 11 is 0. The predicted octanol–water partition coefficient (Wildman–Crippen LogP) is 10.2. The molecular formula is C39H55F3O6. The molecule has 0 radical (unpaired) electrons. The van der Waals surface area contributed by atoms with Crippen LogP contribution in [0.3, 0.4) is 0 Å². The van der Waals surface area contributed by atoms with Crippen LogP contribution in [0.2, 0.25) is 0 Å². The van der Waals surface area contributed by atoms with E-state index in [0.717, 1.165) is 19.3 Å². The van der Waals surface area contributed by atoms with E-state index in [4.69, 9.17) is 13.9 Å². The van der Waals surface area contributed by atoms with Crippen LogP contribution in [-0.2, 0) is 22.1 Å². The second kappa shape index (κ2) is 17.1. The van der Waals surface area contributed by atoms with Gasteiger partial charge in [0.15, 0.2) is 0 Å². The molecule has 0 aliphatic heterocycles. The van der Waals surface area contributed by atoms with Gasteiger partial charge < -0.3 is 24.1 Å². The number of furan rings is 1. The third kappa shape index (κ3) is 12.1. The fourth-order valence-corrected chi connectivity index (χ4v) is 5.80. The molecule has 3 rings (SSSR count). The number of carbonyl (C=O) groups is 1. The molecule has 268 valence electrons. The van der Waals surface area contributed by atoms with Crippen molar-refractivity contribution in [1.82, 2.24) is 0 Å². The highest BCUT2D eigenvalue weighted by atomic mass is 19.4. The van der Waals surface area contributed by atoms with E-state index in [1.807, 2.05) is 20.8 Å². The minimum atomic E-state index is -4.52. The van der Waals surface area contributed by atoms with Gasteiger partial charge >= 0.3 is 12.1 Å². The average molecular weight is 677 g/mol. The molecule has 48 heavy (non-hydrogen) atoms. The number of aliphatic hydroxyl groups is 2. The van der Waals surface area contributed by atoms with Crippen molar-refractivity contribution in [3.05, 3.63) is 53.6 Å². The zero-order valence-corrected chi connectivity index (χ0v) is 29.7. The summed E-state index contributed by atoms with van der Waals surface area (Å²) in [6.07, 6.45) is -0.804. The summed E-state index contributed by atoms with van der Waals surface area (Å²) in [6, 6.07) is 11.2. The Hall–Kier alpha value is -3.04. The molecular weight excluding hydrogens is 621 g/mol. The lowest BCUT2D eigenvalue weighted by Gasteiger charge is -2.33. The van der Waals surface area contributed by atoms with E-state index < -0.39 is 23.9 Å². The van der Waals surface area contributed by atoms with Crippen LogP contribution in [0.5, 0.6) is 5.75 Å². The van der Waals surface area contributed by atoms with Gasteiger partial charge in [-0.1, -0.05) is 73.4 Å². The fourth-order valence-electron chi connectivity index (χ4n) is 5.80. The minimum Gasteiger partial charge on any atom is -0.493 e. The molecule has 1 aromatic heterocycles. The SMILES string of the molecule is CCCCCc1ccc(-c2cc3ccc(OCCCC(O)C(O)CCCOC(=O)C(CC(C)(C)C)C(C)(C)C)cc3o2)c(C(F)(F)F)c1. The second-order valence-corrected chi connectivity index (χ2v) is 15.3. The van der Waals surface area contributed by atoms with Crippen molar-refractivity contribution in [3.63, 3.8) is 0 Å². The molecule has 0 amide bonds. The first kappa shape index (κ1) is 39.4. The van der Waals surface area contributed by atoms with Gasteiger partial charge in [-0.05, 0) is 85.6 Å². The Morgan fingerprint density at radius 3 is 2.12 bits per heavy atom. The molecule has 3 aromatic rings. The maximum Gasteiger partial charge on any atom is 0.417 e. The highest BCUT2D eigenvalue weighted by Gasteiger charge is 2.36. The van der Waals surface area contributed by atoms with Crippen molar-refractivity contribution in [2.45, 2.75) is 125 Å². The van der Waals surface area contributed by atoms with Gasteiger partial charge in [-0.15, -0.1) is 0 Å². The van der Waals surface area contributed by atoms with Crippen molar-refractivity contribution in [2.75, 3.05) is 13.2 Å². The van der Waals surface area contributed by atoms with Crippen molar-refractivity contribution in [1.29, 1.82) is 0 Å². The van der Waals surface area contributed by atoms with Gasteiger partial charge in [0, 0.05) is 17.0 Å². The number of carbonyl (C=O) groups excluding carboxylic acids is 1. The van der Waals surface area contributed by atoms with Gasteiger partial charge in [0.2, 0.25) is 0 Å². The second-order valence-electron chi connectivity index (χ2n) is 15.3. The van der Waals surface area contributed by atoms with Gasteiger partial charge in [-0.2, -0.15) is 13.2 Å². The van der Waals surface area contributed by atoms with Crippen LogP contribution in [-0.4, -0.2) is 41.6 Å². The fraction of sp³-hybridized carbons (Fsp3) is 0.615. The minimum absolute atomic E-state index is 0.000699. The highest BCUT2D eigenvalue weighted by Crippen LogP contribution is 2.40. The number of halogens is 3. The lowest BCUT2D eigenvalue weighted by Crippen LogP contribution is -2.34. The number of aliphatic hydroxyl groups excluding tert-OH is 2. The Morgan fingerprint density at radius 1 is 0.854 bits per heavy atom. The molecule has 0 saturated carbocycles. The van der Waals surface area contributed by atoms with Crippen molar-refractivity contribution >= 4 is 16.9 Å². The zero-order chi connectivity index (χ0) is 35.7. The van der Waals surface area contributed by atoms with E-state index in [2.05, 4.69) is 27.7 Å². The number of aryl methyl sites for hydroxylation is 1. The van der Waals surface area contributed by atoms with Crippen LogP contribution in [0.25, 0.3) is 22.3 Å². The smallest absolute Gasteiger partial charge is 0.417 e. The molecule has 2 aromatic carbocycles. The van der Waals surface area contributed by atoms with Gasteiger partial charge in [0.1, 0.15) is 17.1 Å². The lowest BCUT2D eigenvalue weighted by molar-refractivity contribution is -0.154. The number of fused-ring (bicyclic) bond motifs is 1. The molecule has 3 atom stereocenters. The third-order valence-corrected chi connectivity index (χ3v) is 8.61. The van der Waals surface area contributed by atoms with Crippen molar-refractivity contribution in [2.24, 2.45) is 16.7 Å². The Labute approximate surface area is 284 Å². The Kier molecular flexibility index (Phi) is 14.0. The van der Waals surface area contributed by atoms with Crippen LogP contribution in [0, 0.1) is 16.7 Å². The van der Waals surface area contributed by atoms with Crippen LogP contribution in [0.15, 0.2) is 46.9 Å². The Bertz CT molecular complexity index is 1450. The zero-order valence-electron chi connectivity index (χ0n) is 29.7. The first-order chi connectivity index (χ1) is 22.4. The summed E-state index contributed by atoms with van der Waals surface area (Å²) in [4.78, 5) is 12.8. The quantitative estimate of drug-likeness (QED) is 0.109. The van der Waals surface area contributed by atoms with Crippen LogP contribution in [0.1, 0.15) is 111 Å². The molecule has 0 aliphatic rings. The number of rotatable bonds is 17. The number of esters is 1. The molecule has 0 spiro atoms. The normalized spacial score (nSPS) is 14.6. The molecule has 2 N–H and O–H groups in total. The van der Waals surface area contributed by atoms with Crippen LogP contribution < -0.4 is 4.74 Å². The Balaban J connectivity index is 1.48. The first-order valence-electron chi connectivity index (χ1n) is 17.3. The number of ether oxygens (including phenoxy) is 2. The average Bonchev–Trinajstić information content (AvgIpc) is 3.42. The largest absolute Gasteiger partial charge is 0.493 e. The Morgan fingerprint density at radius 2 is 1.52 bits per heavy atom. The number of unbranched alkanes of at least 4 members (excludes halogenated alkanes) is 2. The summed E-state index contributed by atoms with van der Waals surface area (Å²) < 4.78 is 59.2. The van der Waals surface area contributed by atoms with Gasteiger partial charge in [0.05, 0.1) is 36.9 Å². The summed E-state index contributed by atoms with van der Waals surface area (Å²) in [5.74, 6) is 0.164. The van der Waals surface area contributed by atoms with E-state index in [0.29, 0.717) is 60.8 Å². The van der Waals surface area contributed by atoms with E-state index in [9.17, 15) is 28.2 Å². The van der Waals surface area contributed by atoms with Crippen molar-refractivity contribution < 1.29 is 42.1 Å². The summed E-state index contributed by atoms with van der Waals surface area (Å²) in [7, 11) is 0. The topological polar surface area (TPSA) is 89.1 Å². The molecule has 3 unspecified atom stereocenters. The van der Waals surface area contributed by atoms with E-state index in [-0.39, 0.29) is 47.3 Å². The van der Waals surface area contributed by atoms with Gasteiger partial charge in [-0.3, -0.25) is 4.79 Å². The monoisotopic (exact) mass is 676 g/mol. The molecule has 0 aliphatic carbocycles. The number of benzene rings is 2. The molecule has 9 heteroatoms. The molecule has 0 saturated heterocycles. The summed E-state index contributed by atoms with van der Waals surface area (Å²) in [5, 5.41) is 21.5.